The zero-order chi connectivity index (χ0) is 17.9. The average molecular weight is 392 g/mol. The molecule has 1 aromatic carbocycles. The summed E-state index contributed by atoms with van der Waals surface area (Å²) in [6.45, 7) is 5.82. The fraction of sp³-hybridized carbons (Fsp3) is 0.474. The topological polar surface area (TPSA) is 73.5 Å². The molecule has 7 nitrogen and oxygen atoms in total. The third-order valence-electron chi connectivity index (χ3n) is 5.31. The van der Waals surface area contributed by atoms with Gasteiger partial charge in [-0.15, -0.1) is 12.4 Å². The number of ether oxygens (including phenoxy) is 1. The van der Waals surface area contributed by atoms with E-state index in [2.05, 4.69) is 20.4 Å². The Morgan fingerprint density at radius 3 is 2.63 bits per heavy atom. The number of carbonyl (C=O) groups is 1. The number of likely N-dealkylation sites (tertiary alicyclic amines) is 1. The van der Waals surface area contributed by atoms with Crippen molar-refractivity contribution in [3.8, 4) is 17.0 Å². The summed E-state index contributed by atoms with van der Waals surface area (Å²) in [4.78, 5) is 17.3. The van der Waals surface area contributed by atoms with Crippen LogP contribution in [0.1, 0.15) is 16.9 Å². The molecule has 146 valence electrons. The molecule has 1 unspecified atom stereocenters. The van der Waals surface area contributed by atoms with Gasteiger partial charge >= 0.3 is 0 Å². The highest BCUT2D eigenvalue weighted by atomic mass is 35.5. The van der Waals surface area contributed by atoms with Crippen molar-refractivity contribution in [3.05, 3.63) is 36.0 Å². The number of H-pyrrole nitrogens is 1. The third-order valence-corrected chi connectivity index (χ3v) is 5.31. The van der Waals surface area contributed by atoms with E-state index in [4.69, 9.17) is 4.74 Å². The molecule has 1 atom stereocenters. The maximum atomic E-state index is 12.8. The van der Waals surface area contributed by atoms with Gasteiger partial charge < -0.3 is 15.0 Å². The lowest BCUT2D eigenvalue weighted by atomic mass is 10.1. The van der Waals surface area contributed by atoms with Crippen LogP contribution in [0.5, 0.6) is 5.75 Å². The van der Waals surface area contributed by atoms with E-state index in [1.807, 2.05) is 35.2 Å². The number of nitrogens with zero attached hydrogens (tertiary/aromatic N) is 3. The van der Waals surface area contributed by atoms with E-state index in [0.717, 1.165) is 62.7 Å². The minimum absolute atomic E-state index is 0. The first-order valence-electron chi connectivity index (χ1n) is 9.18. The zero-order valence-corrected chi connectivity index (χ0v) is 16.3. The van der Waals surface area contributed by atoms with Crippen molar-refractivity contribution in [3.63, 3.8) is 0 Å². The van der Waals surface area contributed by atoms with Crippen molar-refractivity contribution in [2.45, 2.75) is 12.5 Å². The second-order valence-corrected chi connectivity index (χ2v) is 6.87. The van der Waals surface area contributed by atoms with Gasteiger partial charge in [0.15, 0.2) is 0 Å². The Kier molecular flexibility index (Phi) is 6.36. The van der Waals surface area contributed by atoms with Gasteiger partial charge in [0.1, 0.15) is 11.4 Å². The predicted molar refractivity (Wildman–Crippen MR) is 107 cm³/mol. The Balaban J connectivity index is 0.00000210. The molecule has 1 aromatic heterocycles. The number of amides is 1. The first-order valence-corrected chi connectivity index (χ1v) is 9.18. The Bertz CT molecular complexity index is 758. The second-order valence-electron chi connectivity index (χ2n) is 6.87. The smallest absolute Gasteiger partial charge is 0.271 e. The van der Waals surface area contributed by atoms with E-state index >= 15 is 0 Å². The maximum absolute atomic E-state index is 12.8. The van der Waals surface area contributed by atoms with E-state index in [9.17, 15) is 4.79 Å². The van der Waals surface area contributed by atoms with Gasteiger partial charge in [-0.2, -0.15) is 5.10 Å². The van der Waals surface area contributed by atoms with E-state index in [-0.39, 0.29) is 18.3 Å². The van der Waals surface area contributed by atoms with Gasteiger partial charge in [0.05, 0.1) is 12.8 Å². The van der Waals surface area contributed by atoms with Crippen molar-refractivity contribution in [2.24, 2.45) is 0 Å². The first-order chi connectivity index (χ1) is 12.7. The van der Waals surface area contributed by atoms with Gasteiger partial charge in [0.2, 0.25) is 0 Å². The molecule has 2 fully saturated rings. The SMILES string of the molecule is COc1ccc(-c2cc(C(=O)N3CCC(N4CCNCC4)C3)[nH]n2)cc1.Cl. The predicted octanol–water partition coefficient (Wildman–Crippen LogP) is 1.63. The largest absolute Gasteiger partial charge is 0.497 e. The quantitative estimate of drug-likeness (QED) is 0.828. The highest BCUT2D eigenvalue weighted by molar-refractivity contribution is 5.93. The Morgan fingerprint density at radius 1 is 1.19 bits per heavy atom. The monoisotopic (exact) mass is 391 g/mol. The summed E-state index contributed by atoms with van der Waals surface area (Å²) in [6.07, 6.45) is 1.05. The zero-order valence-electron chi connectivity index (χ0n) is 15.5. The molecule has 4 rings (SSSR count). The minimum Gasteiger partial charge on any atom is -0.497 e. The lowest BCUT2D eigenvalue weighted by Gasteiger charge is -2.32. The van der Waals surface area contributed by atoms with Crippen LogP contribution >= 0.6 is 12.4 Å². The number of aromatic nitrogens is 2. The number of rotatable bonds is 4. The Morgan fingerprint density at radius 2 is 1.93 bits per heavy atom. The molecule has 3 heterocycles. The Hall–Kier alpha value is -2.09. The van der Waals surface area contributed by atoms with Crippen LogP contribution in [-0.2, 0) is 0 Å². The molecule has 0 spiro atoms. The molecule has 1 amide bonds. The number of halogens is 1. The van der Waals surface area contributed by atoms with Crippen LogP contribution < -0.4 is 10.1 Å². The minimum atomic E-state index is 0. The van der Waals surface area contributed by atoms with Gasteiger partial charge in [-0.25, -0.2) is 0 Å². The van der Waals surface area contributed by atoms with E-state index in [1.54, 1.807) is 7.11 Å². The van der Waals surface area contributed by atoms with Gasteiger partial charge in [-0.3, -0.25) is 14.8 Å². The molecule has 2 N–H and O–H groups in total. The molecule has 27 heavy (non-hydrogen) atoms. The van der Waals surface area contributed by atoms with Crippen molar-refractivity contribution in [2.75, 3.05) is 46.4 Å². The summed E-state index contributed by atoms with van der Waals surface area (Å²) in [5.74, 6) is 0.839. The van der Waals surface area contributed by atoms with E-state index in [0.29, 0.717) is 11.7 Å². The van der Waals surface area contributed by atoms with Crippen LogP contribution in [0.15, 0.2) is 30.3 Å². The number of piperazine rings is 1. The third kappa shape index (κ3) is 4.26. The lowest BCUT2D eigenvalue weighted by Crippen LogP contribution is -2.49. The fourth-order valence-corrected chi connectivity index (χ4v) is 3.78. The molecule has 0 aliphatic carbocycles. The standard InChI is InChI=1S/C19H25N5O2.ClH/c1-26-16-4-2-14(3-5-16)17-12-18(22-21-17)19(25)24-9-6-15(13-24)23-10-7-20-8-11-23;/h2-5,12,15,20H,6-11,13H2,1H3,(H,21,22);1H. The van der Waals surface area contributed by atoms with Crippen molar-refractivity contribution in [1.82, 2.24) is 25.3 Å². The van der Waals surface area contributed by atoms with Crippen molar-refractivity contribution in [1.29, 1.82) is 0 Å². The summed E-state index contributed by atoms with van der Waals surface area (Å²) in [6, 6.07) is 9.99. The number of benzene rings is 1. The first kappa shape index (κ1) is 19.7. The normalized spacial score (nSPS) is 20.3. The molecule has 0 radical (unpaired) electrons. The highest BCUT2D eigenvalue weighted by Crippen LogP contribution is 2.23. The summed E-state index contributed by atoms with van der Waals surface area (Å²) in [5, 5.41) is 10.6. The number of hydrogen-bond donors (Lipinski definition) is 2. The number of nitrogens with one attached hydrogen (secondary N) is 2. The molecular formula is C19H26ClN5O2. The van der Waals surface area contributed by atoms with Gasteiger partial charge in [0, 0.05) is 50.9 Å². The second kappa shape index (κ2) is 8.73. The average Bonchev–Trinajstić information content (AvgIpc) is 3.38. The van der Waals surface area contributed by atoms with Crippen LogP contribution in [0.25, 0.3) is 11.3 Å². The number of methoxy groups -OCH3 is 1. The number of carbonyl (C=O) groups excluding carboxylic acids is 1. The lowest BCUT2D eigenvalue weighted by molar-refractivity contribution is 0.0767. The van der Waals surface area contributed by atoms with Crippen LogP contribution in [0, 0.1) is 0 Å². The van der Waals surface area contributed by atoms with Gasteiger partial charge in [-0.1, -0.05) is 0 Å². The van der Waals surface area contributed by atoms with E-state index < -0.39 is 0 Å². The number of hydrogen-bond acceptors (Lipinski definition) is 5. The Labute approximate surface area is 165 Å². The molecular weight excluding hydrogens is 366 g/mol. The molecule has 0 saturated carbocycles. The van der Waals surface area contributed by atoms with Crippen LogP contribution in [0.3, 0.4) is 0 Å². The molecule has 8 heteroatoms. The molecule has 0 bridgehead atoms. The van der Waals surface area contributed by atoms with Crippen LogP contribution in [0.2, 0.25) is 0 Å². The summed E-state index contributed by atoms with van der Waals surface area (Å²) >= 11 is 0. The van der Waals surface area contributed by atoms with Crippen molar-refractivity contribution >= 4 is 18.3 Å². The maximum Gasteiger partial charge on any atom is 0.271 e. The highest BCUT2D eigenvalue weighted by Gasteiger charge is 2.32. The van der Waals surface area contributed by atoms with E-state index in [1.165, 1.54) is 0 Å². The van der Waals surface area contributed by atoms with Gasteiger partial charge in [-0.05, 0) is 36.8 Å². The molecule has 2 saturated heterocycles. The molecule has 2 aliphatic rings. The molecule has 2 aromatic rings. The van der Waals surface area contributed by atoms with Crippen LogP contribution in [-0.4, -0.2) is 78.3 Å². The number of aromatic amines is 1. The van der Waals surface area contributed by atoms with Crippen molar-refractivity contribution < 1.29 is 9.53 Å². The summed E-state index contributed by atoms with van der Waals surface area (Å²) < 4.78 is 5.18. The summed E-state index contributed by atoms with van der Waals surface area (Å²) in [5.41, 5.74) is 2.28. The molecule has 2 aliphatic heterocycles. The van der Waals surface area contributed by atoms with Gasteiger partial charge in [0.25, 0.3) is 5.91 Å². The summed E-state index contributed by atoms with van der Waals surface area (Å²) in [7, 11) is 1.64. The fourth-order valence-electron chi connectivity index (χ4n) is 3.78. The van der Waals surface area contributed by atoms with Crippen LogP contribution in [0.4, 0.5) is 0 Å².